The molecule has 1 heterocycles. The molecular weight excluding hydrogens is 320 g/mol. The highest BCUT2D eigenvalue weighted by Gasteiger charge is 2.14. The van der Waals surface area contributed by atoms with Crippen molar-refractivity contribution in [3.05, 3.63) is 59.6 Å². The summed E-state index contributed by atoms with van der Waals surface area (Å²) in [6.07, 6.45) is 0. The molecule has 0 radical (unpaired) electrons. The molecule has 2 aromatic carbocycles. The molecule has 0 spiro atoms. The van der Waals surface area contributed by atoms with Gasteiger partial charge in [-0.3, -0.25) is 10.2 Å². The fourth-order valence-electron chi connectivity index (χ4n) is 2.46. The number of ether oxygens (including phenoxy) is 2. The summed E-state index contributed by atoms with van der Waals surface area (Å²) in [6, 6.07) is 14.0. The van der Waals surface area contributed by atoms with Crippen molar-refractivity contribution >= 4 is 22.6 Å². The standard InChI is InChI=1S/C19H18N2O4/c1-3-24-14-9-7-13(8-10-14)21-19(22)15-11-12-5-4-6-16(23-2)17(12)25-18(15)20/h4-11,20H,3H2,1-2H3,(H,21,22). The number of anilines is 1. The fourth-order valence-corrected chi connectivity index (χ4v) is 2.46. The first-order valence-electron chi connectivity index (χ1n) is 7.82. The van der Waals surface area contributed by atoms with Gasteiger partial charge in [0.05, 0.1) is 13.7 Å². The van der Waals surface area contributed by atoms with E-state index in [0.29, 0.717) is 29.0 Å². The Morgan fingerprint density at radius 1 is 1.20 bits per heavy atom. The first-order chi connectivity index (χ1) is 12.1. The van der Waals surface area contributed by atoms with Crippen molar-refractivity contribution in [1.29, 1.82) is 5.41 Å². The number of methoxy groups -OCH3 is 1. The number of hydrogen-bond donors (Lipinski definition) is 2. The van der Waals surface area contributed by atoms with Crippen LogP contribution in [0.3, 0.4) is 0 Å². The van der Waals surface area contributed by atoms with Gasteiger partial charge in [0.15, 0.2) is 11.3 Å². The lowest BCUT2D eigenvalue weighted by molar-refractivity contribution is 0.102. The molecule has 0 bridgehead atoms. The second-order valence-corrected chi connectivity index (χ2v) is 5.28. The van der Waals surface area contributed by atoms with Gasteiger partial charge < -0.3 is 19.2 Å². The zero-order valence-corrected chi connectivity index (χ0v) is 14.0. The van der Waals surface area contributed by atoms with Crippen LogP contribution in [-0.4, -0.2) is 19.6 Å². The Bertz CT molecular complexity index is 961. The third-order valence-electron chi connectivity index (χ3n) is 3.65. The van der Waals surface area contributed by atoms with E-state index in [1.54, 1.807) is 48.5 Å². The Hall–Kier alpha value is -3.28. The molecule has 2 N–H and O–H groups in total. The summed E-state index contributed by atoms with van der Waals surface area (Å²) < 4.78 is 16.1. The smallest absolute Gasteiger partial charge is 0.261 e. The average molecular weight is 338 g/mol. The van der Waals surface area contributed by atoms with Crippen LogP contribution >= 0.6 is 0 Å². The van der Waals surface area contributed by atoms with E-state index in [9.17, 15) is 4.79 Å². The predicted octanol–water partition coefficient (Wildman–Crippen LogP) is 3.57. The average Bonchev–Trinajstić information content (AvgIpc) is 2.62. The molecule has 0 saturated carbocycles. The molecule has 0 aliphatic carbocycles. The number of benzene rings is 2. The first kappa shape index (κ1) is 16.6. The van der Waals surface area contributed by atoms with Crippen LogP contribution in [-0.2, 0) is 0 Å². The van der Waals surface area contributed by atoms with Crippen LogP contribution in [0.5, 0.6) is 11.5 Å². The zero-order chi connectivity index (χ0) is 17.8. The predicted molar refractivity (Wildman–Crippen MR) is 94.2 cm³/mol. The van der Waals surface area contributed by atoms with Crippen molar-refractivity contribution < 1.29 is 18.7 Å². The van der Waals surface area contributed by atoms with Crippen molar-refractivity contribution in [1.82, 2.24) is 0 Å². The van der Waals surface area contributed by atoms with Gasteiger partial charge in [0.25, 0.3) is 5.91 Å². The van der Waals surface area contributed by atoms with Crippen LogP contribution in [0.1, 0.15) is 17.3 Å². The van der Waals surface area contributed by atoms with E-state index in [2.05, 4.69) is 5.32 Å². The molecule has 6 heteroatoms. The minimum absolute atomic E-state index is 0.148. The highest BCUT2D eigenvalue weighted by atomic mass is 16.5. The maximum atomic E-state index is 12.5. The van der Waals surface area contributed by atoms with E-state index in [1.807, 2.05) is 6.92 Å². The number of para-hydroxylation sites is 1. The summed E-state index contributed by atoms with van der Waals surface area (Å²) in [4.78, 5) is 12.5. The summed E-state index contributed by atoms with van der Waals surface area (Å²) in [5.74, 6) is 0.835. The monoisotopic (exact) mass is 338 g/mol. The van der Waals surface area contributed by atoms with Crippen LogP contribution in [0.25, 0.3) is 11.0 Å². The van der Waals surface area contributed by atoms with E-state index in [4.69, 9.17) is 19.3 Å². The Labute approximate surface area is 144 Å². The first-order valence-corrected chi connectivity index (χ1v) is 7.82. The molecule has 0 aliphatic rings. The maximum Gasteiger partial charge on any atom is 0.261 e. The molecular formula is C19H18N2O4. The maximum absolute atomic E-state index is 12.5. The molecule has 3 rings (SSSR count). The van der Waals surface area contributed by atoms with Gasteiger partial charge in [0.1, 0.15) is 11.3 Å². The van der Waals surface area contributed by atoms with Gasteiger partial charge in [-0.2, -0.15) is 0 Å². The fraction of sp³-hybridized carbons (Fsp3) is 0.158. The number of carbonyl (C=O) groups is 1. The number of rotatable bonds is 5. The van der Waals surface area contributed by atoms with Gasteiger partial charge >= 0.3 is 0 Å². The third-order valence-corrected chi connectivity index (χ3v) is 3.65. The van der Waals surface area contributed by atoms with Crippen molar-refractivity contribution in [3.63, 3.8) is 0 Å². The number of hydrogen-bond acceptors (Lipinski definition) is 5. The third kappa shape index (κ3) is 3.47. The second-order valence-electron chi connectivity index (χ2n) is 5.28. The lowest BCUT2D eigenvalue weighted by Gasteiger charge is -2.09. The van der Waals surface area contributed by atoms with Gasteiger partial charge in [0.2, 0.25) is 5.55 Å². The number of carbonyl (C=O) groups excluding carboxylic acids is 1. The van der Waals surface area contributed by atoms with Gasteiger partial charge in [-0.1, -0.05) is 12.1 Å². The zero-order valence-electron chi connectivity index (χ0n) is 14.0. The van der Waals surface area contributed by atoms with Gasteiger partial charge in [-0.15, -0.1) is 0 Å². The van der Waals surface area contributed by atoms with E-state index >= 15 is 0 Å². The molecule has 0 saturated heterocycles. The molecule has 25 heavy (non-hydrogen) atoms. The van der Waals surface area contributed by atoms with Crippen LogP contribution in [0.2, 0.25) is 0 Å². The number of amides is 1. The van der Waals surface area contributed by atoms with Crippen molar-refractivity contribution in [2.24, 2.45) is 0 Å². The highest BCUT2D eigenvalue weighted by molar-refractivity contribution is 6.05. The number of fused-ring (bicyclic) bond motifs is 1. The molecule has 0 atom stereocenters. The van der Waals surface area contributed by atoms with Gasteiger partial charge in [-0.25, -0.2) is 0 Å². The van der Waals surface area contributed by atoms with Gasteiger partial charge in [-0.05, 0) is 43.3 Å². The van der Waals surface area contributed by atoms with Crippen LogP contribution in [0, 0.1) is 5.41 Å². The summed E-state index contributed by atoms with van der Waals surface area (Å²) in [7, 11) is 1.53. The molecule has 3 aromatic rings. The molecule has 0 unspecified atom stereocenters. The Balaban J connectivity index is 1.89. The summed E-state index contributed by atoms with van der Waals surface area (Å²) in [5, 5.41) is 11.4. The second kappa shape index (κ2) is 7.09. The van der Waals surface area contributed by atoms with Crippen LogP contribution in [0.15, 0.2) is 52.9 Å². The summed E-state index contributed by atoms with van der Waals surface area (Å²) >= 11 is 0. The van der Waals surface area contributed by atoms with Crippen molar-refractivity contribution in [2.45, 2.75) is 6.92 Å². The van der Waals surface area contributed by atoms with E-state index in [1.165, 1.54) is 7.11 Å². The van der Waals surface area contributed by atoms with Gasteiger partial charge in [0, 0.05) is 11.1 Å². The Kier molecular flexibility index (Phi) is 4.70. The Morgan fingerprint density at radius 2 is 1.96 bits per heavy atom. The minimum atomic E-state index is -0.414. The normalized spacial score (nSPS) is 10.5. The lowest BCUT2D eigenvalue weighted by atomic mass is 10.1. The summed E-state index contributed by atoms with van der Waals surface area (Å²) in [6.45, 7) is 2.49. The topological polar surface area (TPSA) is 84.6 Å². The van der Waals surface area contributed by atoms with E-state index in [-0.39, 0.29) is 11.1 Å². The molecule has 128 valence electrons. The molecule has 6 nitrogen and oxygen atoms in total. The van der Waals surface area contributed by atoms with E-state index in [0.717, 1.165) is 5.75 Å². The SMILES string of the molecule is CCOc1ccc(NC(=O)c2cc3cccc(OC)c3oc2=N)cc1. The minimum Gasteiger partial charge on any atom is -0.494 e. The molecule has 0 aliphatic heterocycles. The molecule has 1 aromatic heterocycles. The summed E-state index contributed by atoms with van der Waals surface area (Å²) in [5.41, 5.74) is 0.973. The van der Waals surface area contributed by atoms with Crippen LogP contribution < -0.4 is 20.3 Å². The molecule has 0 fully saturated rings. The largest absolute Gasteiger partial charge is 0.494 e. The van der Waals surface area contributed by atoms with Crippen molar-refractivity contribution in [3.8, 4) is 11.5 Å². The van der Waals surface area contributed by atoms with Crippen LogP contribution in [0.4, 0.5) is 5.69 Å². The highest BCUT2D eigenvalue weighted by Crippen LogP contribution is 2.24. The lowest BCUT2D eigenvalue weighted by Crippen LogP contribution is -2.20. The van der Waals surface area contributed by atoms with Crippen molar-refractivity contribution in [2.75, 3.05) is 19.0 Å². The molecule has 1 amide bonds. The Morgan fingerprint density at radius 3 is 2.64 bits per heavy atom. The quantitative estimate of drug-likeness (QED) is 0.745. The van der Waals surface area contributed by atoms with E-state index < -0.39 is 5.91 Å². The number of nitrogens with one attached hydrogen (secondary N) is 2.